The molecule has 0 fully saturated rings. The summed E-state index contributed by atoms with van der Waals surface area (Å²) in [6.45, 7) is 23.7. The topological polar surface area (TPSA) is 102 Å². The third-order valence-corrected chi connectivity index (χ3v) is 13.4. The molecular formula is C42H60O7S2. The smallest absolute Gasteiger partial charge is 0.312 e. The molecule has 0 aliphatic carbocycles. The maximum absolute atomic E-state index is 14.6. The van der Waals surface area contributed by atoms with Crippen molar-refractivity contribution < 1.29 is 32.3 Å². The SMILES string of the molecule is CC(O)CSC(C)(C)C(c1ccccc1)C(C)(C)C(C)(C)C(C)(C(=O)OCc1cc(OCCOS(=O)O)cc(C(C)c2ccccc2)c1)C(C)C. The maximum Gasteiger partial charge on any atom is 0.312 e. The van der Waals surface area contributed by atoms with E-state index in [1.54, 1.807) is 11.8 Å². The molecule has 5 atom stereocenters. The molecule has 0 aromatic heterocycles. The van der Waals surface area contributed by atoms with E-state index in [-0.39, 0.29) is 48.3 Å². The van der Waals surface area contributed by atoms with Crippen molar-refractivity contribution >= 4 is 29.1 Å². The zero-order chi connectivity index (χ0) is 38.2. The van der Waals surface area contributed by atoms with Gasteiger partial charge in [0.1, 0.15) is 25.6 Å². The molecular weight excluding hydrogens is 681 g/mol. The second-order valence-corrected chi connectivity index (χ2v) is 18.2. The number of benzene rings is 3. The number of carbonyl (C=O) groups excluding carboxylic acids is 1. The van der Waals surface area contributed by atoms with Crippen LogP contribution in [-0.4, -0.2) is 49.7 Å². The number of aliphatic hydroxyl groups is 1. The van der Waals surface area contributed by atoms with Crippen molar-refractivity contribution in [1.82, 2.24) is 0 Å². The highest BCUT2D eigenvalue weighted by Gasteiger charge is 2.61. The van der Waals surface area contributed by atoms with Crippen molar-refractivity contribution in [2.45, 2.75) is 105 Å². The Bertz CT molecular complexity index is 1570. The van der Waals surface area contributed by atoms with Gasteiger partial charge in [-0.15, -0.1) is 0 Å². The Labute approximate surface area is 313 Å². The first kappa shape index (κ1) is 42.7. The van der Waals surface area contributed by atoms with Gasteiger partial charge in [-0.05, 0) is 65.0 Å². The van der Waals surface area contributed by atoms with Crippen LogP contribution in [0.3, 0.4) is 0 Å². The van der Waals surface area contributed by atoms with E-state index >= 15 is 0 Å². The van der Waals surface area contributed by atoms with Gasteiger partial charge in [-0.3, -0.25) is 13.5 Å². The number of hydrogen-bond donors (Lipinski definition) is 2. The Morgan fingerprint density at radius 2 is 1.37 bits per heavy atom. The molecule has 0 bridgehead atoms. The monoisotopic (exact) mass is 740 g/mol. The Morgan fingerprint density at radius 3 is 1.90 bits per heavy atom. The van der Waals surface area contributed by atoms with Crippen molar-refractivity contribution in [2.24, 2.45) is 22.2 Å². The summed E-state index contributed by atoms with van der Waals surface area (Å²) in [6.07, 6.45) is -0.433. The molecule has 0 aliphatic rings. The van der Waals surface area contributed by atoms with E-state index in [1.165, 1.54) is 5.56 Å². The predicted molar refractivity (Wildman–Crippen MR) is 210 cm³/mol. The summed E-state index contributed by atoms with van der Waals surface area (Å²) in [6, 6.07) is 26.5. The highest BCUT2D eigenvalue weighted by molar-refractivity contribution is 8.00. The fourth-order valence-corrected chi connectivity index (χ4v) is 9.07. The lowest BCUT2D eigenvalue weighted by Gasteiger charge is -2.59. The molecule has 2 N–H and O–H groups in total. The van der Waals surface area contributed by atoms with Crippen LogP contribution >= 0.6 is 11.8 Å². The average molecular weight is 741 g/mol. The van der Waals surface area contributed by atoms with Crippen LogP contribution in [0.5, 0.6) is 5.75 Å². The van der Waals surface area contributed by atoms with Crippen LogP contribution in [0, 0.1) is 22.2 Å². The van der Waals surface area contributed by atoms with Gasteiger partial charge in [-0.1, -0.05) is 129 Å². The fraction of sp³-hybridized carbons (Fsp3) is 0.548. The molecule has 0 spiro atoms. The summed E-state index contributed by atoms with van der Waals surface area (Å²) in [4.78, 5) is 14.6. The van der Waals surface area contributed by atoms with E-state index < -0.39 is 33.7 Å². The largest absolute Gasteiger partial charge is 0.491 e. The number of rotatable bonds is 19. The van der Waals surface area contributed by atoms with E-state index in [2.05, 4.69) is 98.7 Å². The summed E-state index contributed by atoms with van der Waals surface area (Å²) in [5.74, 6) is 0.918. The Kier molecular flexibility index (Phi) is 15.0. The molecule has 9 heteroatoms. The molecule has 51 heavy (non-hydrogen) atoms. The van der Waals surface area contributed by atoms with Gasteiger partial charge in [0.25, 0.3) is 0 Å². The number of aliphatic hydroxyl groups excluding tert-OH is 1. The standard InChI is InChI=1S/C42H60O7S2/c1-29(2)42(11,41(9,10)39(5,6)37(34-20-16-13-17-21-34)40(7,8)50-28-30(3)43)38(44)48-27-32-24-35(31(4)33-18-14-12-15-19-33)26-36(25-32)47-22-23-49-51(45)46/h12-21,24-26,29-31,37,43H,22-23,27-28H2,1-11H3,(H,45,46). The lowest BCUT2D eigenvalue weighted by atomic mass is 9.46. The second kappa shape index (κ2) is 17.9. The molecule has 0 heterocycles. The summed E-state index contributed by atoms with van der Waals surface area (Å²) in [5, 5.41) is 10.2. The van der Waals surface area contributed by atoms with Gasteiger partial charge in [-0.25, -0.2) is 0 Å². The molecule has 0 aliphatic heterocycles. The average Bonchev–Trinajstić information content (AvgIpc) is 3.07. The molecule has 0 saturated heterocycles. The van der Waals surface area contributed by atoms with Crippen LogP contribution < -0.4 is 4.74 Å². The number of carbonyl (C=O) groups is 1. The van der Waals surface area contributed by atoms with Gasteiger partial charge in [0, 0.05) is 22.3 Å². The van der Waals surface area contributed by atoms with Crippen molar-refractivity contribution in [2.75, 3.05) is 19.0 Å². The highest BCUT2D eigenvalue weighted by atomic mass is 32.2. The van der Waals surface area contributed by atoms with Gasteiger partial charge in [0.15, 0.2) is 0 Å². The fourth-order valence-electron chi connectivity index (χ4n) is 7.59. The summed E-state index contributed by atoms with van der Waals surface area (Å²) >= 11 is -0.605. The number of hydrogen-bond acceptors (Lipinski definition) is 7. The molecule has 0 radical (unpaired) electrons. The first-order chi connectivity index (χ1) is 23.8. The van der Waals surface area contributed by atoms with Crippen LogP contribution in [0.4, 0.5) is 0 Å². The quantitative estimate of drug-likeness (QED) is 0.0712. The minimum absolute atomic E-state index is 0.0268. The predicted octanol–water partition coefficient (Wildman–Crippen LogP) is 9.80. The molecule has 282 valence electrons. The zero-order valence-electron chi connectivity index (χ0n) is 32.4. The first-order valence-electron chi connectivity index (χ1n) is 17.9. The Balaban J connectivity index is 2.00. The van der Waals surface area contributed by atoms with E-state index in [1.807, 2.05) is 56.3 Å². The third kappa shape index (κ3) is 10.3. The minimum Gasteiger partial charge on any atom is -0.491 e. The molecule has 5 unspecified atom stereocenters. The number of ether oxygens (including phenoxy) is 2. The van der Waals surface area contributed by atoms with Crippen LogP contribution in [0.2, 0.25) is 0 Å². The molecule has 3 rings (SSSR count). The maximum atomic E-state index is 14.6. The molecule has 3 aromatic rings. The normalized spacial score (nSPS) is 16.2. The van der Waals surface area contributed by atoms with Crippen molar-refractivity contribution in [1.29, 1.82) is 0 Å². The van der Waals surface area contributed by atoms with Gasteiger partial charge >= 0.3 is 17.3 Å². The summed E-state index contributed by atoms with van der Waals surface area (Å²) in [7, 11) is 0. The van der Waals surface area contributed by atoms with Crippen molar-refractivity contribution in [3.05, 3.63) is 101 Å². The zero-order valence-corrected chi connectivity index (χ0v) is 34.0. The van der Waals surface area contributed by atoms with Crippen LogP contribution in [0.15, 0.2) is 78.9 Å². The van der Waals surface area contributed by atoms with Gasteiger partial charge in [0.05, 0.1) is 11.5 Å². The summed E-state index contributed by atoms with van der Waals surface area (Å²) < 4.78 is 36.7. The molecule has 3 aromatic carbocycles. The number of thioether (sulfide) groups is 1. The van der Waals surface area contributed by atoms with Gasteiger partial charge in [0.2, 0.25) is 0 Å². The van der Waals surface area contributed by atoms with Crippen LogP contribution in [0.1, 0.15) is 110 Å². The van der Waals surface area contributed by atoms with E-state index in [9.17, 15) is 14.1 Å². The van der Waals surface area contributed by atoms with Crippen molar-refractivity contribution in [3.8, 4) is 5.75 Å². The Morgan fingerprint density at radius 1 is 0.804 bits per heavy atom. The second-order valence-electron chi connectivity index (χ2n) is 15.8. The lowest BCUT2D eigenvalue weighted by molar-refractivity contribution is -0.179. The Hall–Kier alpha value is -2.69. The third-order valence-electron chi connectivity index (χ3n) is 11.4. The minimum atomic E-state index is -2.37. The van der Waals surface area contributed by atoms with Gasteiger partial charge < -0.3 is 14.6 Å². The molecule has 0 saturated carbocycles. The number of esters is 1. The van der Waals surface area contributed by atoms with Crippen LogP contribution in [0.25, 0.3) is 0 Å². The first-order valence-corrected chi connectivity index (χ1v) is 19.9. The molecule has 7 nitrogen and oxygen atoms in total. The lowest BCUT2D eigenvalue weighted by Crippen LogP contribution is -2.57. The van der Waals surface area contributed by atoms with Crippen LogP contribution in [-0.2, 0) is 31.7 Å². The van der Waals surface area contributed by atoms with E-state index in [4.69, 9.17) is 18.2 Å². The molecule has 0 amide bonds. The van der Waals surface area contributed by atoms with Crippen molar-refractivity contribution in [3.63, 3.8) is 0 Å². The van der Waals surface area contributed by atoms with Gasteiger partial charge in [-0.2, -0.15) is 16.0 Å². The van der Waals surface area contributed by atoms with E-state index in [0.717, 1.165) is 16.7 Å². The summed E-state index contributed by atoms with van der Waals surface area (Å²) in [5.41, 5.74) is 2.23. The van der Waals surface area contributed by atoms with E-state index in [0.29, 0.717) is 11.5 Å². The highest BCUT2D eigenvalue weighted by Crippen LogP contribution is 2.64.